The molecule has 19 heavy (non-hydrogen) atoms. The van der Waals surface area contributed by atoms with Crippen molar-refractivity contribution >= 4 is 5.95 Å². The molecule has 1 N–H and O–H groups in total. The maximum Gasteiger partial charge on any atom is 0.202 e. The summed E-state index contributed by atoms with van der Waals surface area (Å²) in [5.41, 5.74) is 0.215. The molecule has 1 rings (SSSR count). The van der Waals surface area contributed by atoms with E-state index >= 15 is 0 Å². The normalized spacial score (nSPS) is 12.1. The van der Waals surface area contributed by atoms with E-state index in [9.17, 15) is 0 Å². The van der Waals surface area contributed by atoms with E-state index in [0.717, 1.165) is 38.6 Å². The zero-order chi connectivity index (χ0) is 14.3. The van der Waals surface area contributed by atoms with E-state index < -0.39 is 0 Å². The monoisotopic (exact) mass is 268 g/mol. The molecule has 0 aromatic carbocycles. The first-order valence-electron chi connectivity index (χ1n) is 6.83. The van der Waals surface area contributed by atoms with Gasteiger partial charge in [0.05, 0.1) is 0 Å². The molecule has 0 spiro atoms. The van der Waals surface area contributed by atoms with Gasteiger partial charge in [-0.2, -0.15) is 0 Å². The van der Waals surface area contributed by atoms with Crippen molar-refractivity contribution in [2.45, 2.75) is 26.8 Å². The van der Waals surface area contributed by atoms with Crippen LogP contribution in [0, 0.1) is 5.41 Å². The summed E-state index contributed by atoms with van der Waals surface area (Å²) >= 11 is 0. The maximum absolute atomic E-state index is 5.08. The topological polar surface area (TPSA) is 42.3 Å². The summed E-state index contributed by atoms with van der Waals surface area (Å²) in [6.45, 7) is 8.20. The van der Waals surface area contributed by atoms with Gasteiger partial charge in [0.2, 0.25) is 5.95 Å². The highest BCUT2D eigenvalue weighted by molar-refractivity contribution is 5.26. The molecule has 1 aromatic heterocycles. The molecule has 0 aliphatic rings. The summed E-state index contributed by atoms with van der Waals surface area (Å²) in [6, 6.07) is 0. The number of hydrogen-bond acceptors (Lipinski definition) is 4. The lowest BCUT2D eigenvalue weighted by molar-refractivity contribution is 0.190. The highest BCUT2D eigenvalue weighted by Gasteiger charge is 2.19. The van der Waals surface area contributed by atoms with Gasteiger partial charge >= 0.3 is 0 Å². The Hall–Kier alpha value is -1.07. The number of aryl methyl sites for hydroxylation is 1. The Morgan fingerprint density at radius 1 is 1.42 bits per heavy atom. The Morgan fingerprint density at radius 2 is 2.16 bits per heavy atom. The minimum Gasteiger partial charge on any atom is -0.385 e. The Bertz CT molecular complexity index is 360. The van der Waals surface area contributed by atoms with Gasteiger partial charge < -0.3 is 19.5 Å². The lowest BCUT2D eigenvalue weighted by Gasteiger charge is -2.28. The molecule has 0 unspecified atom stereocenters. The van der Waals surface area contributed by atoms with Crippen molar-refractivity contribution in [2.24, 2.45) is 5.41 Å². The number of nitrogens with zero attached hydrogens (tertiary/aromatic N) is 3. The van der Waals surface area contributed by atoms with Crippen molar-refractivity contribution in [2.75, 3.05) is 46.2 Å². The number of methoxy groups -OCH3 is 1. The molecule has 0 saturated heterocycles. The number of ether oxygens (including phenoxy) is 1. The maximum atomic E-state index is 5.08. The average Bonchev–Trinajstić information content (AvgIpc) is 2.73. The molecule has 5 nitrogen and oxygen atoms in total. The van der Waals surface area contributed by atoms with E-state index in [-0.39, 0.29) is 5.41 Å². The second-order valence-corrected chi connectivity index (χ2v) is 6.05. The lowest BCUT2D eigenvalue weighted by Crippen LogP contribution is -2.34. The van der Waals surface area contributed by atoms with Crippen LogP contribution < -0.4 is 5.32 Å². The summed E-state index contributed by atoms with van der Waals surface area (Å²) in [5.74, 6) is 0.947. The molecular formula is C14H28N4O. The Labute approximate surface area is 117 Å². The second kappa shape index (κ2) is 7.50. The summed E-state index contributed by atoms with van der Waals surface area (Å²) < 4.78 is 7.22. The van der Waals surface area contributed by atoms with E-state index in [4.69, 9.17) is 4.74 Å². The highest BCUT2D eigenvalue weighted by atomic mass is 16.5. The predicted molar refractivity (Wildman–Crippen MR) is 79.5 cm³/mol. The van der Waals surface area contributed by atoms with E-state index in [1.54, 1.807) is 7.11 Å². The summed E-state index contributed by atoms with van der Waals surface area (Å²) in [4.78, 5) is 6.59. The van der Waals surface area contributed by atoms with Gasteiger partial charge in [-0.05, 0) is 25.9 Å². The number of anilines is 1. The molecule has 110 valence electrons. The summed E-state index contributed by atoms with van der Waals surface area (Å²) in [6.07, 6.45) is 4.85. The number of imidazole rings is 1. The van der Waals surface area contributed by atoms with E-state index in [1.165, 1.54) is 0 Å². The zero-order valence-corrected chi connectivity index (χ0v) is 12.9. The molecule has 0 amide bonds. The van der Waals surface area contributed by atoms with Crippen molar-refractivity contribution in [1.29, 1.82) is 0 Å². The Morgan fingerprint density at radius 3 is 2.79 bits per heavy atom. The number of hydrogen-bond donors (Lipinski definition) is 1. The van der Waals surface area contributed by atoms with E-state index in [0.29, 0.717) is 0 Å². The van der Waals surface area contributed by atoms with E-state index in [2.05, 4.69) is 47.7 Å². The highest BCUT2D eigenvalue weighted by Crippen LogP contribution is 2.17. The van der Waals surface area contributed by atoms with Crippen LogP contribution in [0.5, 0.6) is 0 Å². The third-order valence-corrected chi connectivity index (χ3v) is 2.93. The quantitative estimate of drug-likeness (QED) is 0.695. The van der Waals surface area contributed by atoms with Crippen molar-refractivity contribution < 1.29 is 4.74 Å². The van der Waals surface area contributed by atoms with Gasteiger partial charge in [-0.15, -0.1) is 0 Å². The van der Waals surface area contributed by atoms with Crippen molar-refractivity contribution in [3.63, 3.8) is 0 Å². The lowest BCUT2D eigenvalue weighted by atomic mass is 9.93. The van der Waals surface area contributed by atoms with Crippen LogP contribution in [-0.4, -0.2) is 55.4 Å². The first-order valence-corrected chi connectivity index (χ1v) is 6.83. The predicted octanol–water partition coefficient (Wildman–Crippen LogP) is 1.92. The molecule has 0 atom stereocenters. The molecule has 1 heterocycles. The van der Waals surface area contributed by atoms with Gasteiger partial charge in [0.15, 0.2) is 0 Å². The standard InChI is InChI=1S/C14H28N4O/c1-14(2,12-17(3)4)11-16-13-15-7-9-18(13)8-6-10-19-5/h7,9H,6,8,10-12H2,1-5H3,(H,15,16). The van der Waals surface area contributed by atoms with Crippen molar-refractivity contribution in [3.8, 4) is 0 Å². The van der Waals surface area contributed by atoms with Crippen LogP contribution >= 0.6 is 0 Å². The van der Waals surface area contributed by atoms with Crippen molar-refractivity contribution in [1.82, 2.24) is 14.5 Å². The molecule has 0 saturated carbocycles. The van der Waals surface area contributed by atoms with Crippen LogP contribution in [0.4, 0.5) is 5.95 Å². The van der Waals surface area contributed by atoms with Crippen LogP contribution in [0.2, 0.25) is 0 Å². The molecule has 5 heteroatoms. The average molecular weight is 268 g/mol. The van der Waals surface area contributed by atoms with E-state index in [1.807, 2.05) is 12.4 Å². The van der Waals surface area contributed by atoms with Crippen LogP contribution in [0.25, 0.3) is 0 Å². The molecule has 0 fully saturated rings. The molecule has 0 bridgehead atoms. The van der Waals surface area contributed by atoms with Gasteiger partial charge in [-0.1, -0.05) is 13.8 Å². The second-order valence-electron chi connectivity index (χ2n) is 6.05. The minimum atomic E-state index is 0.215. The van der Waals surface area contributed by atoms with Crippen LogP contribution in [0.3, 0.4) is 0 Å². The van der Waals surface area contributed by atoms with Gasteiger partial charge in [-0.3, -0.25) is 0 Å². The SMILES string of the molecule is COCCCn1ccnc1NCC(C)(C)CN(C)C. The zero-order valence-electron chi connectivity index (χ0n) is 12.9. The van der Waals surface area contributed by atoms with Crippen LogP contribution in [0.15, 0.2) is 12.4 Å². The molecular weight excluding hydrogens is 240 g/mol. The fourth-order valence-corrected chi connectivity index (χ4v) is 2.27. The minimum absolute atomic E-state index is 0.215. The van der Waals surface area contributed by atoms with Crippen molar-refractivity contribution in [3.05, 3.63) is 12.4 Å². The van der Waals surface area contributed by atoms with Gasteiger partial charge in [0.1, 0.15) is 0 Å². The van der Waals surface area contributed by atoms with Gasteiger partial charge in [0, 0.05) is 45.7 Å². The molecule has 0 aliphatic carbocycles. The first kappa shape index (κ1) is 16.0. The molecule has 1 aromatic rings. The van der Waals surface area contributed by atoms with Gasteiger partial charge in [0.25, 0.3) is 0 Å². The Kier molecular flexibility index (Phi) is 6.31. The van der Waals surface area contributed by atoms with Crippen LogP contribution in [-0.2, 0) is 11.3 Å². The Balaban J connectivity index is 2.46. The summed E-state index contributed by atoms with van der Waals surface area (Å²) in [5, 5.41) is 3.45. The molecule has 0 radical (unpaired) electrons. The van der Waals surface area contributed by atoms with Gasteiger partial charge in [-0.25, -0.2) is 4.98 Å². The fraction of sp³-hybridized carbons (Fsp3) is 0.786. The first-order chi connectivity index (χ1) is 8.94. The molecule has 0 aliphatic heterocycles. The summed E-state index contributed by atoms with van der Waals surface area (Å²) in [7, 11) is 5.94. The largest absolute Gasteiger partial charge is 0.385 e. The number of rotatable bonds is 9. The fourth-order valence-electron chi connectivity index (χ4n) is 2.27. The third kappa shape index (κ3) is 6.07. The third-order valence-electron chi connectivity index (χ3n) is 2.93. The number of aromatic nitrogens is 2. The number of nitrogens with one attached hydrogen (secondary N) is 1. The van der Waals surface area contributed by atoms with Crippen LogP contribution in [0.1, 0.15) is 20.3 Å². The smallest absolute Gasteiger partial charge is 0.202 e.